The van der Waals surface area contributed by atoms with Crippen molar-refractivity contribution in [1.82, 2.24) is 0 Å². The summed E-state index contributed by atoms with van der Waals surface area (Å²) in [7, 11) is -3.76. The monoisotopic (exact) mass is 361 g/mol. The molecular weight excluding hydrogens is 334 g/mol. The van der Waals surface area contributed by atoms with Crippen LogP contribution in [0.25, 0.3) is 0 Å². The standard InChI is InChI=1S/C20H27NO3S/c1-19(2,3)16-12-15(13-17(18(16)22)20(4,5)6)25(23,24)21-14-10-8-7-9-11-14/h7-13,21-22H,1-6H3. The summed E-state index contributed by atoms with van der Waals surface area (Å²) in [4.78, 5) is 0.156. The van der Waals surface area contributed by atoms with Crippen molar-refractivity contribution in [2.24, 2.45) is 0 Å². The van der Waals surface area contributed by atoms with Crippen molar-refractivity contribution in [2.45, 2.75) is 57.3 Å². The molecule has 0 aliphatic carbocycles. The summed E-state index contributed by atoms with van der Waals surface area (Å²) in [6.07, 6.45) is 0. The highest BCUT2D eigenvalue weighted by Gasteiger charge is 2.29. The first-order valence-electron chi connectivity index (χ1n) is 8.28. The molecule has 0 saturated heterocycles. The van der Waals surface area contributed by atoms with Gasteiger partial charge in [0.15, 0.2) is 0 Å². The van der Waals surface area contributed by atoms with Crippen molar-refractivity contribution in [3.8, 4) is 5.75 Å². The maximum absolute atomic E-state index is 12.9. The van der Waals surface area contributed by atoms with E-state index >= 15 is 0 Å². The van der Waals surface area contributed by atoms with Gasteiger partial charge in [-0.1, -0.05) is 59.7 Å². The third kappa shape index (κ3) is 4.34. The first-order valence-corrected chi connectivity index (χ1v) is 9.76. The summed E-state index contributed by atoms with van der Waals surface area (Å²) in [6, 6.07) is 11.9. The molecule has 136 valence electrons. The Morgan fingerprint density at radius 2 is 1.28 bits per heavy atom. The van der Waals surface area contributed by atoms with E-state index in [4.69, 9.17) is 0 Å². The van der Waals surface area contributed by atoms with Gasteiger partial charge in [0.05, 0.1) is 4.90 Å². The molecule has 0 atom stereocenters. The van der Waals surface area contributed by atoms with E-state index in [-0.39, 0.29) is 21.5 Å². The van der Waals surface area contributed by atoms with Gasteiger partial charge in [-0.15, -0.1) is 0 Å². The van der Waals surface area contributed by atoms with E-state index in [0.717, 1.165) is 0 Å². The van der Waals surface area contributed by atoms with E-state index < -0.39 is 10.0 Å². The largest absolute Gasteiger partial charge is 0.507 e. The van der Waals surface area contributed by atoms with Crippen LogP contribution in [0, 0.1) is 0 Å². The van der Waals surface area contributed by atoms with Gasteiger partial charge in [-0.05, 0) is 35.1 Å². The van der Waals surface area contributed by atoms with Gasteiger partial charge in [0.25, 0.3) is 10.0 Å². The number of para-hydroxylation sites is 1. The first-order chi connectivity index (χ1) is 11.3. The van der Waals surface area contributed by atoms with E-state index in [0.29, 0.717) is 16.8 Å². The number of nitrogens with one attached hydrogen (secondary N) is 1. The van der Waals surface area contributed by atoms with Gasteiger partial charge >= 0.3 is 0 Å². The molecule has 2 N–H and O–H groups in total. The number of aromatic hydroxyl groups is 1. The molecule has 4 nitrogen and oxygen atoms in total. The number of anilines is 1. The number of hydrogen-bond acceptors (Lipinski definition) is 3. The summed E-state index contributed by atoms with van der Waals surface area (Å²) in [6.45, 7) is 11.7. The fraction of sp³-hybridized carbons (Fsp3) is 0.400. The number of benzene rings is 2. The van der Waals surface area contributed by atoms with Crippen LogP contribution in [0.3, 0.4) is 0 Å². The van der Waals surface area contributed by atoms with Crippen molar-refractivity contribution in [3.63, 3.8) is 0 Å². The van der Waals surface area contributed by atoms with E-state index in [1.807, 2.05) is 47.6 Å². The van der Waals surface area contributed by atoms with Crippen molar-refractivity contribution in [2.75, 3.05) is 4.72 Å². The maximum Gasteiger partial charge on any atom is 0.261 e. The van der Waals surface area contributed by atoms with Crippen LogP contribution in [0.5, 0.6) is 5.75 Å². The number of phenolic OH excluding ortho intramolecular Hbond substituents is 1. The molecule has 0 aliphatic heterocycles. The normalized spacial score (nSPS) is 12.9. The Hall–Kier alpha value is -2.01. The highest BCUT2D eigenvalue weighted by atomic mass is 32.2. The maximum atomic E-state index is 12.9. The molecule has 0 amide bonds. The summed E-state index contributed by atoms with van der Waals surface area (Å²) in [5.74, 6) is 0.165. The second-order valence-corrected chi connectivity index (χ2v) is 10.0. The van der Waals surface area contributed by atoms with E-state index in [2.05, 4.69) is 4.72 Å². The van der Waals surface area contributed by atoms with Crippen molar-refractivity contribution in [3.05, 3.63) is 53.6 Å². The molecule has 0 bridgehead atoms. The average Bonchev–Trinajstić information content (AvgIpc) is 2.45. The quantitative estimate of drug-likeness (QED) is 0.826. The van der Waals surface area contributed by atoms with Crippen LogP contribution in [0.2, 0.25) is 0 Å². The van der Waals surface area contributed by atoms with Gasteiger partial charge in [-0.3, -0.25) is 4.72 Å². The van der Waals surface area contributed by atoms with Crippen LogP contribution < -0.4 is 4.72 Å². The Kier molecular flexibility index (Phi) is 4.92. The Balaban J connectivity index is 2.65. The highest BCUT2D eigenvalue weighted by molar-refractivity contribution is 7.92. The molecule has 25 heavy (non-hydrogen) atoms. The fourth-order valence-corrected chi connectivity index (χ4v) is 3.74. The van der Waals surface area contributed by atoms with Crippen LogP contribution in [0.4, 0.5) is 5.69 Å². The molecule has 0 unspecified atom stereocenters. The lowest BCUT2D eigenvalue weighted by Gasteiger charge is -2.28. The number of hydrogen-bond donors (Lipinski definition) is 2. The van der Waals surface area contributed by atoms with Crippen molar-refractivity contribution in [1.29, 1.82) is 0 Å². The number of rotatable bonds is 3. The molecule has 2 aromatic carbocycles. The molecule has 0 fully saturated rings. The zero-order valence-corrected chi connectivity index (χ0v) is 16.5. The Morgan fingerprint density at radius 1 is 0.840 bits per heavy atom. The summed E-state index contributed by atoms with van der Waals surface area (Å²) >= 11 is 0. The van der Waals surface area contributed by atoms with Crippen molar-refractivity contribution < 1.29 is 13.5 Å². The van der Waals surface area contributed by atoms with Gasteiger partial charge < -0.3 is 5.11 Å². The predicted molar refractivity (Wildman–Crippen MR) is 103 cm³/mol. The predicted octanol–water partition coefficient (Wildman–Crippen LogP) is 4.79. The minimum absolute atomic E-state index is 0.156. The van der Waals surface area contributed by atoms with Crippen molar-refractivity contribution >= 4 is 15.7 Å². The summed E-state index contributed by atoms with van der Waals surface area (Å²) < 4.78 is 28.4. The van der Waals surface area contributed by atoms with E-state index in [1.54, 1.807) is 36.4 Å². The molecule has 0 spiro atoms. The third-order valence-corrected chi connectivity index (χ3v) is 5.40. The molecule has 0 heterocycles. The Bertz CT molecular complexity index is 823. The first kappa shape index (κ1) is 19.3. The van der Waals surface area contributed by atoms with Gasteiger partial charge in [0.2, 0.25) is 0 Å². The molecule has 0 radical (unpaired) electrons. The van der Waals surface area contributed by atoms with Gasteiger partial charge in [0.1, 0.15) is 5.75 Å². The minimum Gasteiger partial charge on any atom is -0.507 e. The lowest BCUT2D eigenvalue weighted by molar-refractivity contribution is 0.422. The molecule has 5 heteroatoms. The van der Waals surface area contributed by atoms with Crippen LogP contribution in [-0.2, 0) is 20.9 Å². The zero-order chi connectivity index (χ0) is 19.0. The molecule has 0 aliphatic rings. The lowest BCUT2D eigenvalue weighted by atomic mass is 9.79. The SMILES string of the molecule is CC(C)(C)c1cc(S(=O)(=O)Nc2ccccc2)cc(C(C)(C)C)c1O. The topological polar surface area (TPSA) is 66.4 Å². The summed E-state index contributed by atoms with van der Waals surface area (Å²) in [5, 5.41) is 10.7. The third-order valence-electron chi connectivity index (χ3n) is 4.04. The summed E-state index contributed by atoms with van der Waals surface area (Å²) in [5.41, 5.74) is 0.969. The second kappa shape index (κ2) is 6.37. The number of phenols is 1. The molecule has 0 aromatic heterocycles. The van der Waals surface area contributed by atoms with Crippen LogP contribution in [0.1, 0.15) is 52.7 Å². The van der Waals surface area contributed by atoms with Crippen LogP contribution in [0.15, 0.2) is 47.4 Å². The Morgan fingerprint density at radius 3 is 1.68 bits per heavy atom. The van der Waals surface area contributed by atoms with E-state index in [9.17, 15) is 13.5 Å². The second-order valence-electron chi connectivity index (χ2n) is 8.34. The van der Waals surface area contributed by atoms with E-state index in [1.165, 1.54) is 0 Å². The lowest BCUT2D eigenvalue weighted by Crippen LogP contribution is -2.20. The fourth-order valence-electron chi connectivity index (χ4n) is 2.63. The zero-order valence-electron chi connectivity index (χ0n) is 15.7. The average molecular weight is 362 g/mol. The smallest absolute Gasteiger partial charge is 0.261 e. The Labute approximate surface area is 151 Å². The molecular formula is C20H27NO3S. The molecule has 0 saturated carbocycles. The molecule has 2 aromatic rings. The number of sulfonamides is 1. The van der Waals surface area contributed by atoms with Crippen LogP contribution >= 0.6 is 0 Å². The molecule has 2 rings (SSSR count). The van der Waals surface area contributed by atoms with Gasteiger partial charge in [-0.25, -0.2) is 8.42 Å². The van der Waals surface area contributed by atoms with Gasteiger partial charge in [-0.2, -0.15) is 0 Å². The van der Waals surface area contributed by atoms with Crippen LogP contribution in [-0.4, -0.2) is 13.5 Å². The minimum atomic E-state index is -3.76. The van der Waals surface area contributed by atoms with Gasteiger partial charge in [0, 0.05) is 16.8 Å². The highest BCUT2D eigenvalue weighted by Crippen LogP contribution is 2.40.